The summed E-state index contributed by atoms with van der Waals surface area (Å²) in [5, 5.41) is 0. The van der Waals surface area contributed by atoms with Crippen LogP contribution in [0.25, 0.3) is 0 Å². The van der Waals surface area contributed by atoms with Crippen molar-refractivity contribution < 1.29 is 13.2 Å². The molecule has 1 heterocycles. The topological polar surface area (TPSA) is 66.5 Å². The van der Waals surface area contributed by atoms with Gasteiger partial charge in [-0.05, 0) is 62.8 Å². The Balaban J connectivity index is 1.55. The molecule has 0 bridgehead atoms. The zero-order chi connectivity index (χ0) is 18.3. The van der Waals surface area contributed by atoms with Gasteiger partial charge >= 0.3 is 0 Å². The van der Waals surface area contributed by atoms with Crippen LogP contribution in [-0.2, 0) is 21.2 Å². The van der Waals surface area contributed by atoms with Gasteiger partial charge in [-0.25, -0.2) is 13.1 Å². The highest BCUT2D eigenvalue weighted by molar-refractivity contribution is 7.89. The lowest BCUT2D eigenvalue weighted by Crippen LogP contribution is -2.42. The Morgan fingerprint density at radius 2 is 1.81 bits per heavy atom. The van der Waals surface area contributed by atoms with Crippen molar-refractivity contribution in [3.05, 3.63) is 23.8 Å². The zero-order valence-electron chi connectivity index (χ0n) is 15.4. The third-order valence-corrected chi connectivity index (χ3v) is 7.71. The number of amides is 1. The number of fused-ring (bicyclic) bond motifs is 1. The maximum atomic E-state index is 12.8. The number of hydrogen-bond donors (Lipinski definition) is 1. The summed E-state index contributed by atoms with van der Waals surface area (Å²) in [4.78, 5) is 15.0. The second kappa shape index (κ2) is 6.97. The number of carbonyl (C=O) groups excluding carboxylic acids is 1. The van der Waals surface area contributed by atoms with Gasteiger partial charge in [0.2, 0.25) is 15.9 Å². The lowest BCUT2D eigenvalue weighted by atomic mass is 9.84. The predicted octanol–water partition coefficient (Wildman–Crippen LogP) is 3.38. The number of rotatable bonds is 4. The van der Waals surface area contributed by atoms with Crippen molar-refractivity contribution in [2.75, 3.05) is 4.90 Å². The van der Waals surface area contributed by atoms with Crippen molar-refractivity contribution in [1.82, 2.24) is 4.72 Å². The average Bonchev–Trinajstić information content (AvgIpc) is 2.88. The minimum Gasteiger partial charge on any atom is -0.309 e. The highest BCUT2D eigenvalue weighted by Crippen LogP contribution is 2.38. The normalized spacial score (nSPS) is 24.3. The second-order valence-corrected chi connectivity index (χ2v) is 9.85. The molecule has 4 rings (SSSR count). The van der Waals surface area contributed by atoms with Crippen molar-refractivity contribution in [2.24, 2.45) is 5.92 Å². The Morgan fingerprint density at radius 3 is 2.46 bits per heavy atom. The molecule has 5 nitrogen and oxygen atoms in total. The highest BCUT2D eigenvalue weighted by Gasteiger charge is 2.37. The fourth-order valence-electron chi connectivity index (χ4n) is 4.47. The van der Waals surface area contributed by atoms with Crippen LogP contribution < -0.4 is 9.62 Å². The van der Waals surface area contributed by atoms with E-state index in [0.717, 1.165) is 62.6 Å². The highest BCUT2D eigenvalue weighted by atomic mass is 32.2. The number of benzene rings is 1. The van der Waals surface area contributed by atoms with Crippen LogP contribution in [0.3, 0.4) is 0 Å². The Morgan fingerprint density at radius 1 is 1.08 bits per heavy atom. The molecule has 1 N–H and O–H groups in total. The summed E-state index contributed by atoms with van der Waals surface area (Å²) in [6.07, 6.45) is 9.04. The van der Waals surface area contributed by atoms with Gasteiger partial charge in [0.05, 0.1) is 4.90 Å². The van der Waals surface area contributed by atoms with Gasteiger partial charge in [0, 0.05) is 23.7 Å². The lowest BCUT2D eigenvalue weighted by molar-refractivity contribution is -0.125. The Kier molecular flexibility index (Phi) is 4.82. The lowest BCUT2D eigenvalue weighted by Gasteiger charge is -2.32. The van der Waals surface area contributed by atoms with E-state index in [9.17, 15) is 13.2 Å². The molecule has 1 aromatic rings. The molecule has 1 atom stereocenters. The summed E-state index contributed by atoms with van der Waals surface area (Å²) >= 11 is 0. The predicted molar refractivity (Wildman–Crippen MR) is 102 cm³/mol. The molecular formula is C20H28N2O3S. The molecule has 1 aliphatic heterocycles. The molecule has 6 heteroatoms. The molecule has 1 amide bonds. The fourth-order valence-corrected chi connectivity index (χ4v) is 5.83. The van der Waals surface area contributed by atoms with E-state index in [2.05, 4.69) is 4.72 Å². The fraction of sp³-hybridized carbons (Fsp3) is 0.650. The minimum atomic E-state index is -3.50. The quantitative estimate of drug-likeness (QED) is 0.876. The molecule has 0 unspecified atom stereocenters. The minimum absolute atomic E-state index is 0.0534. The third-order valence-electron chi connectivity index (χ3n) is 6.20. The maximum absolute atomic E-state index is 12.8. The SMILES string of the molecule is C[C@H]1Cc2cc(S(=O)(=O)NC3CCCCC3)ccc2N1C(=O)C1CCC1. The van der Waals surface area contributed by atoms with Gasteiger partial charge in [-0.2, -0.15) is 0 Å². The Bertz CT molecular complexity index is 795. The first kappa shape index (κ1) is 18.0. The first-order valence-corrected chi connectivity index (χ1v) is 11.4. The number of hydrogen-bond acceptors (Lipinski definition) is 3. The van der Waals surface area contributed by atoms with Crippen molar-refractivity contribution in [3.63, 3.8) is 0 Å². The first-order chi connectivity index (χ1) is 12.5. The van der Waals surface area contributed by atoms with E-state index < -0.39 is 10.0 Å². The van der Waals surface area contributed by atoms with E-state index in [1.807, 2.05) is 17.9 Å². The van der Waals surface area contributed by atoms with E-state index in [4.69, 9.17) is 0 Å². The molecule has 2 saturated carbocycles. The van der Waals surface area contributed by atoms with E-state index in [1.54, 1.807) is 12.1 Å². The number of anilines is 1. The van der Waals surface area contributed by atoms with Crippen LogP contribution in [0.4, 0.5) is 5.69 Å². The summed E-state index contributed by atoms with van der Waals surface area (Å²) in [5.41, 5.74) is 1.86. The summed E-state index contributed by atoms with van der Waals surface area (Å²) in [6.45, 7) is 2.05. The van der Waals surface area contributed by atoms with Crippen LogP contribution in [-0.4, -0.2) is 26.4 Å². The van der Waals surface area contributed by atoms with Gasteiger partial charge in [0.25, 0.3) is 0 Å². The van der Waals surface area contributed by atoms with Gasteiger partial charge in [0.15, 0.2) is 0 Å². The number of carbonyl (C=O) groups is 1. The maximum Gasteiger partial charge on any atom is 0.240 e. The van der Waals surface area contributed by atoms with Gasteiger partial charge in [-0.15, -0.1) is 0 Å². The monoisotopic (exact) mass is 376 g/mol. The van der Waals surface area contributed by atoms with Crippen molar-refractivity contribution >= 4 is 21.6 Å². The van der Waals surface area contributed by atoms with Crippen LogP contribution in [0.1, 0.15) is 63.9 Å². The van der Waals surface area contributed by atoms with Gasteiger partial charge in [-0.3, -0.25) is 4.79 Å². The molecule has 2 aliphatic carbocycles. The van der Waals surface area contributed by atoms with Crippen LogP contribution in [0, 0.1) is 5.92 Å². The summed E-state index contributed by atoms with van der Waals surface area (Å²) in [5.74, 6) is 0.359. The molecule has 0 spiro atoms. The molecule has 0 saturated heterocycles. The van der Waals surface area contributed by atoms with Crippen LogP contribution >= 0.6 is 0 Å². The Hall–Kier alpha value is -1.40. The Labute approximate surface area is 156 Å². The second-order valence-electron chi connectivity index (χ2n) is 8.14. The molecule has 3 aliphatic rings. The van der Waals surface area contributed by atoms with Crippen molar-refractivity contribution in [2.45, 2.75) is 81.7 Å². The third kappa shape index (κ3) is 3.29. The number of nitrogens with zero attached hydrogens (tertiary/aromatic N) is 1. The molecule has 2 fully saturated rings. The number of sulfonamides is 1. The van der Waals surface area contributed by atoms with Crippen LogP contribution in [0.2, 0.25) is 0 Å². The van der Waals surface area contributed by atoms with E-state index in [-0.39, 0.29) is 23.9 Å². The smallest absolute Gasteiger partial charge is 0.240 e. The van der Waals surface area contributed by atoms with Crippen LogP contribution in [0.15, 0.2) is 23.1 Å². The first-order valence-electron chi connectivity index (χ1n) is 9.94. The van der Waals surface area contributed by atoms with Crippen molar-refractivity contribution in [3.8, 4) is 0 Å². The summed E-state index contributed by atoms with van der Waals surface area (Å²) in [7, 11) is -3.50. The van der Waals surface area contributed by atoms with Gasteiger partial charge in [0.1, 0.15) is 0 Å². The molecule has 26 heavy (non-hydrogen) atoms. The average molecular weight is 377 g/mol. The standard InChI is InChI=1S/C20H28N2O3S/c1-14-12-16-13-18(26(24,25)21-17-8-3-2-4-9-17)10-11-19(16)22(14)20(23)15-6-5-7-15/h10-11,13-15,17,21H,2-9,12H2,1H3/t14-/m0/s1. The number of nitrogens with one attached hydrogen (secondary N) is 1. The van der Waals surface area contributed by atoms with E-state index in [1.165, 1.54) is 6.42 Å². The summed E-state index contributed by atoms with van der Waals surface area (Å²) < 4.78 is 28.4. The molecule has 0 radical (unpaired) electrons. The van der Waals surface area contributed by atoms with Crippen molar-refractivity contribution in [1.29, 1.82) is 0 Å². The molecule has 142 valence electrons. The van der Waals surface area contributed by atoms with E-state index >= 15 is 0 Å². The van der Waals surface area contributed by atoms with Crippen LogP contribution in [0.5, 0.6) is 0 Å². The molecule has 1 aromatic carbocycles. The van der Waals surface area contributed by atoms with E-state index in [0.29, 0.717) is 4.90 Å². The van der Waals surface area contributed by atoms with Gasteiger partial charge < -0.3 is 4.90 Å². The zero-order valence-corrected chi connectivity index (χ0v) is 16.2. The summed E-state index contributed by atoms with van der Waals surface area (Å²) in [6, 6.07) is 5.40. The van der Waals surface area contributed by atoms with Gasteiger partial charge in [-0.1, -0.05) is 25.7 Å². The largest absolute Gasteiger partial charge is 0.309 e. The molecule has 0 aromatic heterocycles. The molecular weight excluding hydrogens is 348 g/mol.